The number of halogens is 1. The van der Waals surface area contributed by atoms with Gasteiger partial charge in [0.1, 0.15) is 6.54 Å². The van der Waals surface area contributed by atoms with Crippen molar-refractivity contribution < 1.29 is 13.3 Å². The van der Waals surface area contributed by atoms with Crippen molar-refractivity contribution >= 4 is 21.6 Å². The van der Waals surface area contributed by atoms with Gasteiger partial charge < -0.3 is 4.90 Å². The second-order valence-electron chi connectivity index (χ2n) is 4.86. The SMILES string of the molecule is CCS(=O)(=O)N1CC[NH+](Cc2cccc(Cl)c2)CC1. The molecule has 1 saturated heterocycles. The van der Waals surface area contributed by atoms with Gasteiger partial charge in [-0.3, -0.25) is 0 Å². The molecule has 0 bridgehead atoms. The van der Waals surface area contributed by atoms with Crippen LogP contribution in [0.4, 0.5) is 0 Å². The minimum atomic E-state index is -3.03. The predicted molar refractivity (Wildman–Crippen MR) is 76.9 cm³/mol. The number of benzene rings is 1. The van der Waals surface area contributed by atoms with Gasteiger partial charge in [0.25, 0.3) is 0 Å². The van der Waals surface area contributed by atoms with Gasteiger partial charge >= 0.3 is 0 Å². The van der Waals surface area contributed by atoms with Crippen LogP contribution in [0.2, 0.25) is 5.02 Å². The van der Waals surface area contributed by atoms with Crippen LogP contribution in [0.15, 0.2) is 24.3 Å². The lowest BCUT2D eigenvalue weighted by Crippen LogP contribution is -3.13. The Bertz CT molecular complexity index is 525. The highest BCUT2D eigenvalue weighted by Gasteiger charge is 2.27. The van der Waals surface area contributed by atoms with Gasteiger partial charge in [-0.05, 0) is 19.1 Å². The summed E-state index contributed by atoms with van der Waals surface area (Å²) in [6, 6.07) is 7.86. The Balaban J connectivity index is 1.91. The lowest BCUT2D eigenvalue weighted by atomic mass is 10.2. The first kappa shape index (κ1) is 14.8. The van der Waals surface area contributed by atoms with Gasteiger partial charge in [-0.25, -0.2) is 8.42 Å². The summed E-state index contributed by atoms with van der Waals surface area (Å²) in [5.41, 5.74) is 1.20. The predicted octanol–water partition coefficient (Wildman–Crippen LogP) is 0.390. The third-order valence-corrected chi connectivity index (χ3v) is 5.65. The second kappa shape index (κ2) is 6.22. The monoisotopic (exact) mass is 303 g/mol. The summed E-state index contributed by atoms with van der Waals surface area (Å²) < 4.78 is 25.1. The summed E-state index contributed by atoms with van der Waals surface area (Å²) in [6.45, 7) is 5.54. The van der Waals surface area contributed by atoms with Gasteiger partial charge in [0.15, 0.2) is 0 Å². The molecule has 1 N–H and O–H groups in total. The first-order chi connectivity index (χ1) is 9.01. The Morgan fingerprint density at radius 3 is 2.58 bits per heavy atom. The van der Waals surface area contributed by atoms with E-state index in [-0.39, 0.29) is 5.75 Å². The molecule has 1 fully saturated rings. The maximum absolute atomic E-state index is 11.8. The molecule has 0 saturated carbocycles. The molecule has 0 spiro atoms. The average Bonchev–Trinajstić information content (AvgIpc) is 2.39. The minimum absolute atomic E-state index is 0.191. The van der Waals surface area contributed by atoms with Crippen LogP contribution >= 0.6 is 11.6 Å². The Kier molecular flexibility index (Phi) is 4.84. The molecule has 106 valence electrons. The zero-order chi connectivity index (χ0) is 13.9. The van der Waals surface area contributed by atoms with Crippen molar-refractivity contribution in [2.75, 3.05) is 31.9 Å². The number of quaternary nitrogens is 1. The van der Waals surface area contributed by atoms with Crippen LogP contribution in [0, 0.1) is 0 Å². The van der Waals surface area contributed by atoms with Crippen molar-refractivity contribution in [3.8, 4) is 0 Å². The lowest BCUT2D eigenvalue weighted by molar-refractivity contribution is -0.917. The Hall–Kier alpha value is -0.620. The molecule has 0 radical (unpaired) electrons. The smallest absolute Gasteiger partial charge is 0.214 e. The maximum atomic E-state index is 11.8. The molecule has 2 rings (SSSR count). The average molecular weight is 304 g/mol. The molecular formula is C13H20ClN2O2S+. The molecule has 0 unspecified atom stereocenters. The van der Waals surface area contributed by atoms with Crippen LogP contribution in [0.5, 0.6) is 0 Å². The van der Waals surface area contributed by atoms with Crippen molar-refractivity contribution in [1.82, 2.24) is 4.31 Å². The van der Waals surface area contributed by atoms with E-state index < -0.39 is 10.0 Å². The molecule has 0 atom stereocenters. The van der Waals surface area contributed by atoms with Crippen LogP contribution < -0.4 is 4.90 Å². The molecule has 0 amide bonds. The van der Waals surface area contributed by atoms with E-state index in [1.807, 2.05) is 18.2 Å². The highest BCUT2D eigenvalue weighted by molar-refractivity contribution is 7.89. The first-order valence-corrected chi connectivity index (χ1v) is 8.56. The van der Waals surface area contributed by atoms with Gasteiger partial charge in [-0.2, -0.15) is 4.31 Å². The van der Waals surface area contributed by atoms with E-state index in [0.29, 0.717) is 13.1 Å². The molecule has 4 nitrogen and oxygen atoms in total. The van der Waals surface area contributed by atoms with Crippen molar-refractivity contribution in [3.05, 3.63) is 34.9 Å². The van der Waals surface area contributed by atoms with Gasteiger partial charge in [0, 0.05) is 10.6 Å². The van der Waals surface area contributed by atoms with Gasteiger partial charge in [-0.15, -0.1) is 0 Å². The van der Waals surface area contributed by atoms with Crippen molar-refractivity contribution in [2.24, 2.45) is 0 Å². The molecule has 1 aromatic carbocycles. The fourth-order valence-electron chi connectivity index (χ4n) is 2.38. The van der Waals surface area contributed by atoms with Crippen LogP contribution in [-0.2, 0) is 16.6 Å². The number of nitrogens with one attached hydrogen (secondary N) is 1. The van der Waals surface area contributed by atoms with E-state index in [1.165, 1.54) is 10.5 Å². The van der Waals surface area contributed by atoms with Crippen LogP contribution in [0.25, 0.3) is 0 Å². The molecule has 1 aliphatic rings. The molecule has 1 aromatic rings. The zero-order valence-corrected chi connectivity index (χ0v) is 12.7. The number of piperazine rings is 1. The molecule has 19 heavy (non-hydrogen) atoms. The quantitative estimate of drug-likeness (QED) is 0.874. The highest BCUT2D eigenvalue weighted by atomic mass is 35.5. The van der Waals surface area contributed by atoms with E-state index >= 15 is 0 Å². The maximum Gasteiger partial charge on any atom is 0.214 e. The summed E-state index contributed by atoms with van der Waals surface area (Å²) in [5.74, 6) is 0.191. The summed E-state index contributed by atoms with van der Waals surface area (Å²) >= 11 is 5.97. The van der Waals surface area contributed by atoms with E-state index in [4.69, 9.17) is 11.6 Å². The highest BCUT2D eigenvalue weighted by Crippen LogP contribution is 2.09. The largest absolute Gasteiger partial charge is 0.329 e. The van der Waals surface area contributed by atoms with Crippen molar-refractivity contribution in [2.45, 2.75) is 13.5 Å². The molecule has 6 heteroatoms. The third-order valence-electron chi connectivity index (χ3n) is 3.53. The Morgan fingerprint density at radius 1 is 1.32 bits per heavy atom. The molecule has 0 aliphatic carbocycles. The molecule has 1 heterocycles. The number of rotatable bonds is 4. The fraction of sp³-hybridized carbons (Fsp3) is 0.538. The van der Waals surface area contributed by atoms with E-state index in [0.717, 1.165) is 24.7 Å². The number of nitrogens with zero attached hydrogens (tertiary/aromatic N) is 1. The van der Waals surface area contributed by atoms with Crippen LogP contribution in [0.3, 0.4) is 0 Å². The fourth-order valence-corrected chi connectivity index (χ4v) is 3.69. The minimum Gasteiger partial charge on any atom is -0.329 e. The van der Waals surface area contributed by atoms with E-state index in [2.05, 4.69) is 6.07 Å². The lowest BCUT2D eigenvalue weighted by Gasteiger charge is -2.31. The third kappa shape index (κ3) is 3.92. The summed E-state index contributed by atoms with van der Waals surface area (Å²) in [4.78, 5) is 1.41. The second-order valence-corrected chi connectivity index (χ2v) is 7.55. The van der Waals surface area contributed by atoms with E-state index in [1.54, 1.807) is 11.2 Å². The van der Waals surface area contributed by atoms with Crippen LogP contribution in [-0.4, -0.2) is 44.7 Å². The normalized spacial score (nSPS) is 18.6. The Morgan fingerprint density at radius 2 is 2.00 bits per heavy atom. The number of hydrogen-bond donors (Lipinski definition) is 1. The standard InChI is InChI=1S/C13H19ClN2O2S/c1-2-19(17,18)16-8-6-15(7-9-16)11-12-4-3-5-13(14)10-12/h3-5,10H,2,6-9,11H2,1H3/p+1. The number of hydrogen-bond acceptors (Lipinski definition) is 2. The molecule has 1 aliphatic heterocycles. The van der Waals surface area contributed by atoms with Crippen molar-refractivity contribution in [1.29, 1.82) is 0 Å². The topological polar surface area (TPSA) is 41.8 Å². The van der Waals surface area contributed by atoms with Gasteiger partial charge in [0.2, 0.25) is 10.0 Å². The first-order valence-electron chi connectivity index (χ1n) is 6.57. The summed E-state index contributed by atoms with van der Waals surface area (Å²) in [7, 11) is -3.03. The summed E-state index contributed by atoms with van der Waals surface area (Å²) in [6.07, 6.45) is 0. The molecular weight excluding hydrogens is 284 g/mol. The van der Waals surface area contributed by atoms with Crippen molar-refractivity contribution in [3.63, 3.8) is 0 Å². The van der Waals surface area contributed by atoms with Crippen LogP contribution in [0.1, 0.15) is 12.5 Å². The Labute approximate surface area is 120 Å². The number of sulfonamides is 1. The zero-order valence-electron chi connectivity index (χ0n) is 11.1. The molecule has 0 aromatic heterocycles. The van der Waals surface area contributed by atoms with Gasteiger partial charge in [-0.1, -0.05) is 23.7 Å². The van der Waals surface area contributed by atoms with Gasteiger partial charge in [0.05, 0.1) is 31.9 Å². The van der Waals surface area contributed by atoms with E-state index in [9.17, 15) is 8.42 Å². The summed E-state index contributed by atoms with van der Waals surface area (Å²) in [5, 5.41) is 0.754.